The Hall–Kier alpha value is -1.82. The number of carbonyl (C=O) groups excluding carboxylic acids is 1. The van der Waals surface area contributed by atoms with Crippen LogP contribution in [0.4, 0.5) is 0 Å². The summed E-state index contributed by atoms with van der Waals surface area (Å²) >= 11 is 1.11. The highest BCUT2D eigenvalue weighted by Gasteiger charge is 2.23. The molecule has 0 spiro atoms. The molecule has 0 saturated heterocycles. The number of esters is 1. The first-order valence-electron chi connectivity index (χ1n) is 4.88. The summed E-state index contributed by atoms with van der Waals surface area (Å²) < 4.78 is 4.59. The van der Waals surface area contributed by atoms with E-state index in [0.29, 0.717) is 0 Å². The fraction of sp³-hybridized carbons (Fsp3) is 0.182. The molecule has 0 radical (unpaired) electrons. The van der Waals surface area contributed by atoms with Crippen molar-refractivity contribution in [3.05, 3.63) is 51.6 Å². The van der Waals surface area contributed by atoms with E-state index in [0.717, 1.165) is 16.7 Å². The minimum atomic E-state index is -0.916. The van der Waals surface area contributed by atoms with E-state index >= 15 is 0 Å². The fourth-order valence-corrected chi connectivity index (χ4v) is 1.74. The third-order valence-corrected chi connectivity index (χ3v) is 2.62. The zero-order chi connectivity index (χ0) is 12.7. The Labute approximate surface area is 103 Å². The van der Waals surface area contributed by atoms with Gasteiger partial charge >= 0.3 is 11.7 Å². The molecule has 6 heteroatoms. The third-order valence-electron chi connectivity index (χ3n) is 1.73. The summed E-state index contributed by atoms with van der Waals surface area (Å²) in [5.74, 6) is -0.916. The van der Waals surface area contributed by atoms with Crippen molar-refractivity contribution in [1.29, 1.82) is 0 Å². The summed E-state index contributed by atoms with van der Waals surface area (Å²) in [7, 11) is 0. The molecule has 0 amide bonds. The summed E-state index contributed by atoms with van der Waals surface area (Å²) in [6.45, 7) is 1.71. The minimum absolute atomic E-state index is 0.111. The Morgan fingerprint density at radius 3 is 2.65 bits per heavy atom. The molecule has 90 valence electrons. The number of nitro groups is 1. The monoisotopic (exact) mass is 253 g/mol. The SMILES string of the molecule is CCOC(=O)/C(=C\Sc1ccccc1)[N+](=O)[O-]. The van der Waals surface area contributed by atoms with Crippen LogP contribution in [0.1, 0.15) is 6.92 Å². The maximum Gasteiger partial charge on any atom is 0.410 e. The molecular weight excluding hydrogens is 242 g/mol. The summed E-state index contributed by atoms with van der Waals surface area (Å²) in [6, 6.07) is 9.06. The maximum absolute atomic E-state index is 11.3. The predicted molar refractivity (Wildman–Crippen MR) is 64.0 cm³/mol. The lowest BCUT2D eigenvalue weighted by molar-refractivity contribution is -0.421. The molecule has 1 aromatic rings. The number of rotatable bonds is 5. The van der Waals surface area contributed by atoms with Gasteiger partial charge in [-0.25, -0.2) is 4.79 Å². The molecule has 0 aliphatic carbocycles. The molecule has 1 aromatic carbocycles. The molecule has 0 N–H and O–H groups in total. The van der Waals surface area contributed by atoms with E-state index in [2.05, 4.69) is 4.74 Å². The topological polar surface area (TPSA) is 69.4 Å². The highest BCUT2D eigenvalue weighted by atomic mass is 32.2. The standard InChI is InChI=1S/C11H11NO4S/c1-2-16-11(13)10(12(14)15)8-17-9-6-4-3-5-7-9/h3-8H,2H2,1H3/b10-8+. The summed E-state index contributed by atoms with van der Waals surface area (Å²) in [5, 5.41) is 11.8. The van der Waals surface area contributed by atoms with Gasteiger partial charge < -0.3 is 4.74 Å². The van der Waals surface area contributed by atoms with Crippen LogP contribution in [0.3, 0.4) is 0 Å². The van der Waals surface area contributed by atoms with Crippen LogP contribution in [0, 0.1) is 10.1 Å². The van der Waals surface area contributed by atoms with E-state index in [1.54, 1.807) is 19.1 Å². The molecule has 0 unspecified atom stereocenters. The number of benzene rings is 1. The van der Waals surface area contributed by atoms with Crippen molar-refractivity contribution in [2.45, 2.75) is 11.8 Å². The van der Waals surface area contributed by atoms with Gasteiger partial charge in [-0.2, -0.15) is 0 Å². The Balaban J connectivity index is 2.78. The van der Waals surface area contributed by atoms with E-state index in [1.807, 2.05) is 18.2 Å². The average Bonchev–Trinajstić information content (AvgIpc) is 2.30. The first-order chi connectivity index (χ1) is 8.15. The second kappa shape index (κ2) is 6.70. The number of nitrogens with zero attached hydrogens (tertiary/aromatic N) is 1. The zero-order valence-electron chi connectivity index (χ0n) is 9.16. The van der Waals surface area contributed by atoms with E-state index in [-0.39, 0.29) is 6.61 Å². The van der Waals surface area contributed by atoms with Crippen molar-refractivity contribution < 1.29 is 14.5 Å². The van der Waals surface area contributed by atoms with Crippen molar-refractivity contribution in [3.63, 3.8) is 0 Å². The van der Waals surface area contributed by atoms with Gasteiger partial charge in [0.05, 0.1) is 16.9 Å². The molecule has 0 aromatic heterocycles. The van der Waals surface area contributed by atoms with Gasteiger partial charge in [0, 0.05) is 4.90 Å². The molecule has 5 nitrogen and oxygen atoms in total. The molecule has 1 rings (SSSR count). The number of thioether (sulfide) groups is 1. The first-order valence-corrected chi connectivity index (χ1v) is 5.76. The van der Waals surface area contributed by atoms with E-state index in [9.17, 15) is 14.9 Å². The lowest BCUT2D eigenvalue weighted by Gasteiger charge is -1.99. The molecule has 0 saturated carbocycles. The Morgan fingerprint density at radius 1 is 1.47 bits per heavy atom. The maximum atomic E-state index is 11.3. The molecule has 0 bridgehead atoms. The average molecular weight is 253 g/mol. The van der Waals surface area contributed by atoms with Gasteiger partial charge in [-0.3, -0.25) is 10.1 Å². The lowest BCUT2D eigenvalue weighted by Crippen LogP contribution is -2.14. The van der Waals surface area contributed by atoms with Gasteiger partial charge in [0.1, 0.15) is 0 Å². The van der Waals surface area contributed by atoms with Gasteiger partial charge in [0.2, 0.25) is 0 Å². The van der Waals surface area contributed by atoms with E-state index in [4.69, 9.17) is 0 Å². The second-order valence-electron chi connectivity index (χ2n) is 2.91. The first kappa shape index (κ1) is 13.2. The Kier molecular flexibility index (Phi) is 5.22. The predicted octanol–water partition coefficient (Wildman–Crippen LogP) is 2.46. The van der Waals surface area contributed by atoms with Gasteiger partial charge in [-0.15, -0.1) is 0 Å². The zero-order valence-corrected chi connectivity index (χ0v) is 9.98. The molecule has 0 aliphatic heterocycles. The second-order valence-corrected chi connectivity index (χ2v) is 3.85. The Bertz CT molecular complexity index is 430. The van der Waals surface area contributed by atoms with Crippen LogP contribution in [0.5, 0.6) is 0 Å². The van der Waals surface area contributed by atoms with Crippen LogP contribution >= 0.6 is 11.8 Å². The van der Waals surface area contributed by atoms with E-state index in [1.165, 1.54) is 5.41 Å². The van der Waals surface area contributed by atoms with Crippen LogP contribution in [-0.4, -0.2) is 17.5 Å². The third kappa shape index (κ3) is 4.28. The van der Waals surface area contributed by atoms with Crippen LogP contribution in [0.15, 0.2) is 46.3 Å². The smallest absolute Gasteiger partial charge is 0.410 e. The number of carbonyl (C=O) groups is 1. The summed E-state index contributed by atoms with van der Waals surface area (Å²) in [6.07, 6.45) is 0. The van der Waals surface area contributed by atoms with Gasteiger partial charge in [0.25, 0.3) is 0 Å². The van der Waals surface area contributed by atoms with Crippen LogP contribution in [0.2, 0.25) is 0 Å². The largest absolute Gasteiger partial charge is 0.458 e. The molecule has 0 fully saturated rings. The minimum Gasteiger partial charge on any atom is -0.458 e. The number of hydrogen-bond acceptors (Lipinski definition) is 5. The summed E-state index contributed by atoms with van der Waals surface area (Å²) in [5.41, 5.74) is -0.555. The number of ether oxygens (including phenoxy) is 1. The Morgan fingerprint density at radius 2 is 2.12 bits per heavy atom. The summed E-state index contributed by atoms with van der Waals surface area (Å²) in [4.78, 5) is 22.0. The van der Waals surface area contributed by atoms with Crippen LogP contribution in [-0.2, 0) is 9.53 Å². The highest BCUT2D eigenvalue weighted by Crippen LogP contribution is 2.20. The van der Waals surface area contributed by atoms with Crippen molar-refractivity contribution in [3.8, 4) is 0 Å². The molecule has 0 heterocycles. The van der Waals surface area contributed by atoms with Crippen LogP contribution < -0.4 is 0 Å². The van der Waals surface area contributed by atoms with Gasteiger partial charge in [-0.05, 0) is 19.1 Å². The molecule has 17 heavy (non-hydrogen) atoms. The normalized spacial score (nSPS) is 11.0. The molecule has 0 atom stereocenters. The molecule has 0 aliphatic rings. The van der Waals surface area contributed by atoms with Gasteiger partial charge in [0.15, 0.2) is 0 Å². The lowest BCUT2D eigenvalue weighted by atomic mass is 10.4. The van der Waals surface area contributed by atoms with E-state index < -0.39 is 16.6 Å². The van der Waals surface area contributed by atoms with Crippen LogP contribution in [0.25, 0.3) is 0 Å². The molecular formula is C11H11NO4S. The van der Waals surface area contributed by atoms with Crippen molar-refractivity contribution >= 4 is 17.7 Å². The fourth-order valence-electron chi connectivity index (χ4n) is 0.994. The van der Waals surface area contributed by atoms with Gasteiger partial charge in [-0.1, -0.05) is 30.0 Å². The van der Waals surface area contributed by atoms with Crippen molar-refractivity contribution in [2.24, 2.45) is 0 Å². The highest BCUT2D eigenvalue weighted by molar-refractivity contribution is 8.02. The quantitative estimate of drug-likeness (QED) is 0.265. The van der Waals surface area contributed by atoms with Crippen molar-refractivity contribution in [2.75, 3.05) is 6.61 Å². The number of hydrogen-bond donors (Lipinski definition) is 0. The van der Waals surface area contributed by atoms with Crippen molar-refractivity contribution in [1.82, 2.24) is 0 Å².